The van der Waals surface area contributed by atoms with Crippen molar-refractivity contribution in [2.75, 3.05) is 7.11 Å². The zero-order chi connectivity index (χ0) is 21.3. The molecule has 0 aliphatic heterocycles. The summed E-state index contributed by atoms with van der Waals surface area (Å²) in [6, 6.07) is 18.9. The van der Waals surface area contributed by atoms with Gasteiger partial charge in [0.15, 0.2) is 0 Å². The van der Waals surface area contributed by atoms with Crippen molar-refractivity contribution in [3.8, 4) is 5.75 Å². The lowest BCUT2D eigenvalue weighted by molar-refractivity contribution is 0.414. The molecule has 30 heavy (non-hydrogen) atoms. The Balaban J connectivity index is 1.72. The van der Waals surface area contributed by atoms with Crippen molar-refractivity contribution >= 4 is 37.5 Å². The van der Waals surface area contributed by atoms with Gasteiger partial charge in [-0.15, -0.1) is 0 Å². The summed E-state index contributed by atoms with van der Waals surface area (Å²) >= 11 is 0. The molecule has 8 heteroatoms. The number of fused-ring (bicyclic) bond motifs is 3. The number of benzene rings is 3. The summed E-state index contributed by atoms with van der Waals surface area (Å²) in [5, 5.41) is 6.59. The fraction of sp³-hybridized carbons (Fsp3) is 0.0909. The minimum Gasteiger partial charge on any atom is -0.497 e. The molecular formula is C22H18N2O5S. The minimum absolute atomic E-state index is 0.0244. The topological polar surface area (TPSA) is 98.0 Å². The first-order valence-electron chi connectivity index (χ1n) is 9.05. The van der Waals surface area contributed by atoms with Crippen molar-refractivity contribution in [2.45, 2.75) is 11.8 Å². The van der Waals surface area contributed by atoms with E-state index in [1.807, 2.05) is 30.3 Å². The Labute approximate surface area is 172 Å². The molecule has 1 aromatic heterocycles. The molecule has 0 amide bonds. The normalized spacial score (nSPS) is 12.3. The fourth-order valence-electron chi connectivity index (χ4n) is 3.12. The van der Waals surface area contributed by atoms with Gasteiger partial charge < -0.3 is 9.15 Å². The number of rotatable bonds is 5. The van der Waals surface area contributed by atoms with E-state index in [2.05, 4.69) is 9.93 Å². The van der Waals surface area contributed by atoms with Crippen LogP contribution in [0, 0.1) is 0 Å². The molecule has 0 unspecified atom stereocenters. The van der Waals surface area contributed by atoms with Gasteiger partial charge in [0.1, 0.15) is 11.3 Å². The molecule has 0 aliphatic carbocycles. The van der Waals surface area contributed by atoms with Crippen LogP contribution in [0.4, 0.5) is 0 Å². The summed E-state index contributed by atoms with van der Waals surface area (Å²) in [4.78, 5) is 14.6. The Morgan fingerprint density at radius 1 is 1.00 bits per heavy atom. The quantitative estimate of drug-likeness (QED) is 0.229. The van der Waals surface area contributed by atoms with Crippen LogP contribution in [0.2, 0.25) is 0 Å². The number of hydrogen-bond acceptors (Lipinski definition) is 6. The Morgan fingerprint density at radius 3 is 2.47 bits per heavy atom. The van der Waals surface area contributed by atoms with Gasteiger partial charge in [-0.25, -0.2) is 4.79 Å². The van der Waals surface area contributed by atoms with Crippen molar-refractivity contribution in [1.29, 1.82) is 0 Å². The second-order valence-corrected chi connectivity index (χ2v) is 8.27. The van der Waals surface area contributed by atoms with Gasteiger partial charge in [-0.05, 0) is 54.1 Å². The third kappa shape index (κ3) is 3.65. The molecule has 0 radical (unpaired) electrons. The molecule has 1 N–H and O–H groups in total. The zero-order valence-electron chi connectivity index (χ0n) is 16.2. The summed E-state index contributed by atoms with van der Waals surface area (Å²) in [6.45, 7) is 1.54. The van der Waals surface area contributed by atoms with Gasteiger partial charge in [0.2, 0.25) is 0 Å². The van der Waals surface area contributed by atoms with Gasteiger partial charge in [0.25, 0.3) is 10.0 Å². The number of methoxy groups -OCH3 is 1. The zero-order valence-corrected chi connectivity index (χ0v) is 17.1. The van der Waals surface area contributed by atoms with E-state index < -0.39 is 15.6 Å². The highest BCUT2D eigenvalue weighted by atomic mass is 32.2. The largest absolute Gasteiger partial charge is 0.497 e. The van der Waals surface area contributed by atoms with E-state index >= 15 is 0 Å². The van der Waals surface area contributed by atoms with Crippen LogP contribution in [-0.2, 0) is 10.0 Å². The molecule has 4 rings (SSSR count). The Bertz CT molecular complexity index is 1440. The molecule has 152 valence electrons. The highest BCUT2D eigenvalue weighted by molar-refractivity contribution is 7.89. The standard InChI is InChI=1S/C22H18N2O5S/c1-14(23-24-30(26,27)17-10-8-16(28-2)9-11-17)19-13-20-18-6-4-3-5-15(18)7-12-21(20)29-22(19)25/h3-13,24H,1-2H3/b23-14+. The van der Waals surface area contributed by atoms with Crippen LogP contribution in [0.3, 0.4) is 0 Å². The van der Waals surface area contributed by atoms with Crippen LogP contribution >= 0.6 is 0 Å². The van der Waals surface area contributed by atoms with Crippen LogP contribution in [0.25, 0.3) is 21.7 Å². The van der Waals surface area contributed by atoms with E-state index in [9.17, 15) is 13.2 Å². The van der Waals surface area contributed by atoms with Crippen molar-refractivity contribution in [1.82, 2.24) is 4.83 Å². The minimum atomic E-state index is -3.90. The fourth-order valence-corrected chi connectivity index (χ4v) is 3.98. The molecule has 0 saturated carbocycles. The van der Waals surface area contributed by atoms with Gasteiger partial charge in [-0.3, -0.25) is 0 Å². The van der Waals surface area contributed by atoms with Crippen LogP contribution < -0.4 is 15.2 Å². The smallest absolute Gasteiger partial charge is 0.345 e. The molecule has 3 aromatic carbocycles. The molecule has 7 nitrogen and oxygen atoms in total. The van der Waals surface area contributed by atoms with Gasteiger partial charge in [0, 0.05) is 5.39 Å². The van der Waals surface area contributed by atoms with Crippen LogP contribution in [0.5, 0.6) is 5.75 Å². The number of nitrogens with zero attached hydrogens (tertiary/aromatic N) is 1. The van der Waals surface area contributed by atoms with E-state index in [4.69, 9.17) is 9.15 Å². The SMILES string of the molecule is COc1ccc(S(=O)(=O)N/N=C(\C)c2cc3c(ccc4ccccc43)oc2=O)cc1. The molecule has 4 aromatic rings. The van der Waals surface area contributed by atoms with Crippen LogP contribution in [0.15, 0.2) is 85.9 Å². The van der Waals surface area contributed by atoms with Crippen molar-refractivity contribution < 1.29 is 17.6 Å². The third-order valence-corrected chi connectivity index (χ3v) is 5.96. The third-order valence-electron chi connectivity index (χ3n) is 4.73. The average molecular weight is 422 g/mol. The van der Waals surface area contributed by atoms with E-state index in [0.717, 1.165) is 16.2 Å². The van der Waals surface area contributed by atoms with E-state index in [1.165, 1.54) is 31.4 Å². The second-order valence-electron chi connectivity index (χ2n) is 6.61. The predicted molar refractivity (Wildman–Crippen MR) is 116 cm³/mol. The van der Waals surface area contributed by atoms with E-state index in [-0.39, 0.29) is 16.2 Å². The van der Waals surface area contributed by atoms with Crippen LogP contribution in [-0.4, -0.2) is 21.2 Å². The molecule has 0 bridgehead atoms. The Morgan fingerprint density at radius 2 is 1.73 bits per heavy atom. The first-order valence-corrected chi connectivity index (χ1v) is 10.5. The van der Waals surface area contributed by atoms with Gasteiger partial charge in [0.05, 0.1) is 23.3 Å². The molecule has 0 spiro atoms. The highest BCUT2D eigenvalue weighted by Crippen LogP contribution is 2.25. The number of ether oxygens (including phenoxy) is 1. The predicted octanol–water partition coefficient (Wildman–Crippen LogP) is 3.66. The summed E-state index contributed by atoms with van der Waals surface area (Å²) < 4.78 is 35.4. The molecule has 0 atom stereocenters. The van der Waals surface area contributed by atoms with Gasteiger partial charge in [-0.1, -0.05) is 30.3 Å². The number of hydrogen-bond donors (Lipinski definition) is 1. The second kappa shape index (κ2) is 7.64. The monoisotopic (exact) mass is 422 g/mol. The molecule has 0 fully saturated rings. The Kier molecular flexibility index (Phi) is 5.01. The number of hydrazone groups is 1. The maximum absolute atomic E-state index is 12.5. The maximum Gasteiger partial charge on any atom is 0.345 e. The summed E-state index contributed by atoms with van der Waals surface area (Å²) in [6.07, 6.45) is 0. The summed E-state index contributed by atoms with van der Waals surface area (Å²) in [5.41, 5.74) is 0.226. The van der Waals surface area contributed by atoms with E-state index in [0.29, 0.717) is 11.3 Å². The van der Waals surface area contributed by atoms with Gasteiger partial charge >= 0.3 is 5.63 Å². The molecule has 0 saturated heterocycles. The van der Waals surface area contributed by atoms with Crippen LogP contribution in [0.1, 0.15) is 12.5 Å². The first kappa shape index (κ1) is 19.7. The molecule has 0 aliphatic rings. The lowest BCUT2D eigenvalue weighted by Crippen LogP contribution is -2.21. The highest BCUT2D eigenvalue weighted by Gasteiger charge is 2.15. The van der Waals surface area contributed by atoms with Crippen molar-refractivity contribution in [2.24, 2.45) is 5.10 Å². The number of nitrogens with one attached hydrogen (secondary N) is 1. The summed E-state index contributed by atoms with van der Waals surface area (Å²) in [5.74, 6) is 0.537. The lowest BCUT2D eigenvalue weighted by atomic mass is 10.0. The molecule has 1 heterocycles. The lowest BCUT2D eigenvalue weighted by Gasteiger charge is -2.07. The first-order chi connectivity index (χ1) is 14.4. The number of sulfonamides is 1. The van der Waals surface area contributed by atoms with Crippen molar-refractivity contribution in [3.63, 3.8) is 0 Å². The van der Waals surface area contributed by atoms with Gasteiger partial charge in [-0.2, -0.15) is 18.4 Å². The van der Waals surface area contributed by atoms with Crippen molar-refractivity contribution in [3.05, 3.63) is 82.7 Å². The Hall–Kier alpha value is -3.65. The van der Waals surface area contributed by atoms with E-state index in [1.54, 1.807) is 19.1 Å². The average Bonchev–Trinajstić information content (AvgIpc) is 2.77. The molecular weight excluding hydrogens is 404 g/mol. The maximum atomic E-state index is 12.5. The summed E-state index contributed by atoms with van der Waals surface area (Å²) in [7, 11) is -2.41.